The number of rotatable bonds is 5. The Morgan fingerprint density at radius 2 is 1.67 bits per heavy atom. The predicted octanol–water partition coefficient (Wildman–Crippen LogP) is 1.05. The van der Waals surface area contributed by atoms with Crippen LogP contribution < -0.4 is 10.7 Å². The van der Waals surface area contributed by atoms with E-state index in [9.17, 15) is 24.0 Å². The molecule has 9 heteroatoms. The van der Waals surface area contributed by atoms with Crippen molar-refractivity contribution in [3.8, 4) is 0 Å². The van der Waals surface area contributed by atoms with E-state index in [4.69, 9.17) is 0 Å². The normalized spacial score (nSPS) is 28.6. The van der Waals surface area contributed by atoms with Crippen LogP contribution in [0.1, 0.15) is 44.6 Å². The molecule has 2 aliphatic heterocycles. The average molecular weight is 412 g/mol. The van der Waals surface area contributed by atoms with E-state index >= 15 is 0 Å². The van der Waals surface area contributed by atoms with E-state index < -0.39 is 23.4 Å². The molecule has 0 unspecified atom stereocenters. The SMILES string of the molecule is C[C@]1(c2ccccc2)NC(=O)N(NC(=O)CCN2C(=O)[C@H]3CCCC[C@@H]3C2=O)C1=O. The summed E-state index contributed by atoms with van der Waals surface area (Å²) in [5, 5.41) is 3.26. The summed E-state index contributed by atoms with van der Waals surface area (Å²) < 4.78 is 0. The third-order valence-corrected chi connectivity index (χ3v) is 6.27. The highest BCUT2D eigenvalue weighted by Gasteiger charge is 2.50. The second kappa shape index (κ2) is 7.55. The lowest BCUT2D eigenvalue weighted by Gasteiger charge is -2.22. The third-order valence-electron chi connectivity index (χ3n) is 6.27. The largest absolute Gasteiger partial charge is 0.344 e. The second-order valence-corrected chi connectivity index (χ2v) is 8.17. The predicted molar refractivity (Wildman–Crippen MR) is 104 cm³/mol. The van der Waals surface area contributed by atoms with Crippen LogP contribution in [0.4, 0.5) is 4.79 Å². The molecule has 0 bridgehead atoms. The Morgan fingerprint density at radius 1 is 1.07 bits per heavy atom. The lowest BCUT2D eigenvalue weighted by Crippen LogP contribution is -2.48. The Morgan fingerprint density at radius 3 is 2.27 bits per heavy atom. The van der Waals surface area contributed by atoms with Gasteiger partial charge in [0.1, 0.15) is 5.54 Å². The van der Waals surface area contributed by atoms with Gasteiger partial charge in [0.2, 0.25) is 17.7 Å². The zero-order valence-electron chi connectivity index (χ0n) is 16.7. The zero-order chi connectivity index (χ0) is 21.5. The molecule has 0 radical (unpaired) electrons. The summed E-state index contributed by atoms with van der Waals surface area (Å²) in [6, 6.07) is 8.00. The average Bonchev–Trinajstić information content (AvgIpc) is 3.12. The summed E-state index contributed by atoms with van der Waals surface area (Å²) in [5.41, 5.74) is 1.61. The van der Waals surface area contributed by atoms with Crippen molar-refractivity contribution in [2.75, 3.05) is 6.54 Å². The van der Waals surface area contributed by atoms with E-state index in [1.807, 2.05) is 0 Å². The van der Waals surface area contributed by atoms with Gasteiger partial charge in [-0.05, 0) is 25.3 Å². The molecule has 1 aromatic carbocycles. The fraction of sp³-hybridized carbons (Fsp3) is 0.476. The van der Waals surface area contributed by atoms with Crippen molar-refractivity contribution in [1.29, 1.82) is 0 Å². The van der Waals surface area contributed by atoms with Gasteiger partial charge in [0, 0.05) is 13.0 Å². The summed E-state index contributed by atoms with van der Waals surface area (Å²) in [6.07, 6.45) is 3.09. The summed E-state index contributed by atoms with van der Waals surface area (Å²) >= 11 is 0. The minimum Gasteiger partial charge on any atom is -0.318 e. The van der Waals surface area contributed by atoms with Gasteiger partial charge in [0.25, 0.3) is 5.91 Å². The van der Waals surface area contributed by atoms with Crippen molar-refractivity contribution >= 4 is 29.7 Å². The van der Waals surface area contributed by atoms with Crippen LogP contribution in [-0.4, -0.2) is 46.1 Å². The van der Waals surface area contributed by atoms with E-state index in [-0.39, 0.29) is 36.6 Å². The van der Waals surface area contributed by atoms with Crippen LogP contribution in [0.2, 0.25) is 0 Å². The Balaban J connectivity index is 1.37. The number of carbonyl (C=O) groups excluding carboxylic acids is 5. The van der Waals surface area contributed by atoms with Gasteiger partial charge in [-0.25, -0.2) is 4.79 Å². The molecular weight excluding hydrogens is 388 g/mol. The summed E-state index contributed by atoms with van der Waals surface area (Å²) in [5.74, 6) is -2.20. The van der Waals surface area contributed by atoms with E-state index in [1.165, 1.54) is 0 Å². The van der Waals surface area contributed by atoms with Crippen LogP contribution in [0.3, 0.4) is 0 Å². The minimum atomic E-state index is -1.29. The molecule has 0 aromatic heterocycles. The summed E-state index contributed by atoms with van der Waals surface area (Å²) in [7, 11) is 0. The monoisotopic (exact) mass is 412 g/mol. The number of hydrogen-bond donors (Lipinski definition) is 2. The standard InChI is InChI=1S/C21H24N4O5/c1-21(13-7-3-2-4-8-13)19(29)25(20(30)22-21)23-16(26)11-12-24-17(27)14-9-5-6-10-15(14)18(24)28/h2-4,7-8,14-15H,5-6,9-12H2,1H3,(H,22,30)(H,23,26)/t14-,15-,21+/m0/s1. The van der Waals surface area contributed by atoms with Crippen LogP contribution in [-0.2, 0) is 24.7 Å². The number of benzene rings is 1. The zero-order valence-corrected chi connectivity index (χ0v) is 16.7. The first-order chi connectivity index (χ1) is 14.3. The lowest BCUT2D eigenvalue weighted by atomic mass is 9.81. The van der Waals surface area contributed by atoms with Gasteiger partial charge in [-0.3, -0.25) is 29.5 Å². The van der Waals surface area contributed by atoms with Gasteiger partial charge >= 0.3 is 6.03 Å². The number of nitrogens with zero attached hydrogens (tertiary/aromatic N) is 2. The molecule has 1 aromatic rings. The highest BCUT2D eigenvalue weighted by Crippen LogP contribution is 2.38. The van der Waals surface area contributed by atoms with E-state index in [0.29, 0.717) is 23.4 Å². The minimum absolute atomic E-state index is 0.0594. The summed E-state index contributed by atoms with van der Waals surface area (Å²) in [6.45, 7) is 1.51. The van der Waals surface area contributed by atoms with Crippen LogP contribution in [0, 0.1) is 11.8 Å². The Bertz CT molecular complexity index is 893. The third kappa shape index (κ3) is 3.24. The number of urea groups is 1. The van der Waals surface area contributed by atoms with Gasteiger partial charge < -0.3 is 5.32 Å². The number of hydrogen-bond acceptors (Lipinski definition) is 5. The number of likely N-dealkylation sites (tertiary alicyclic amines) is 1. The maximum atomic E-state index is 12.8. The van der Waals surface area contributed by atoms with Crippen LogP contribution >= 0.6 is 0 Å². The second-order valence-electron chi connectivity index (χ2n) is 8.17. The van der Waals surface area contributed by atoms with Crippen LogP contribution in [0.5, 0.6) is 0 Å². The maximum absolute atomic E-state index is 12.8. The summed E-state index contributed by atoms with van der Waals surface area (Å²) in [4.78, 5) is 63.7. The van der Waals surface area contributed by atoms with Crippen LogP contribution in [0.25, 0.3) is 0 Å². The van der Waals surface area contributed by atoms with Crippen molar-refractivity contribution in [1.82, 2.24) is 20.7 Å². The molecule has 3 fully saturated rings. The molecule has 9 nitrogen and oxygen atoms in total. The molecule has 158 valence electrons. The number of nitrogens with one attached hydrogen (secondary N) is 2. The first-order valence-electron chi connectivity index (χ1n) is 10.2. The fourth-order valence-corrected chi connectivity index (χ4v) is 4.55. The molecule has 2 saturated heterocycles. The van der Waals surface area contributed by atoms with E-state index in [2.05, 4.69) is 10.7 Å². The van der Waals surface area contributed by atoms with Crippen molar-refractivity contribution in [3.63, 3.8) is 0 Å². The number of hydrazine groups is 1. The quantitative estimate of drug-likeness (QED) is 0.554. The Labute approximate surface area is 173 Å². The molecule has 2 heterocycles. The van der Waals surface area contributed by atoms with Crippen molar-refractivity contribution < 1.29 is 24.0 Å². The topological polar surface area (TPSA) is 116 Å². The number of imide groups is 2. The number of amides is 6. The number of fused-ring (bicyclic) bond motifs is 1. The molecule has 1 aliphatic carbocycles. The Kier molecular flexibility index (Phi) is 5.05. The molecule has 2 N–H and O–H groups in total. The van der Waals surface area contributed by atoms with Gasteiger partial charge in [-0.2, -0.15) is 5.01 Å². The smallest absolute Gasteiger partial charge is 0.318 e. The van der Waals surface area contributed by atoms with E-state index in [0.717, 1.165) is 17.7 Å². The van der Waals surface area contributed by atoms with Crippen LogP contribution in [0.15, 0.2) is 30.3 Å². The molecule has 3 aliphatic rings. The number of carbonyl (C=O) groups is 5. The molecular formula is C21H24N4O5. The van der Waals surface area contributed by atoms with E-state index in [1.54, 1.807) is 37.3 Å². The molecule has 3 atom stereocenters. The molecule has 1 saturated carbocycles. The fourth-order valence-electron chi connectivity index (χ4n) is 4.55. The highest BCUT2D eigenvalue weighted by atomic mass is 16.2. The van der Waals surface area contributed by atoms with Gasteiger partial charge in [0.05, 0.1) is 11.8 Å². The van der Waals surface area contributed by atoms with Gasteiger partial charge in [-0.15, -0.1) is 0 Å². The molecule has 6 amide bonds. The maximum Gasteiger partial charge on any atom is 0.344 e. The first-order valence-corrected chi connectivity index (χ1v) is 10.2. The Hall–Kier alpha value is -3.23. The van der Waals surface area contributed by atoms with Crippen molar-refractivity contribution in [3.05, 3.63) is 35.9 Å². The van der Waals surface area contributed by atoms with Gasteiger partial charge in [-0.1, -0.05) is 43.2 Å². The lowest BCUT2D eigenvalue weighted by molar-refractivity contribution is -0.142. The van der Waals surface area contributed by atoms with Gasteiger partial charge in [0.15, 0.2) is 0 Å². The molecule has 0 spiro atoms. The molecule has 4 rings (SSSR count). The van der Waals surface area contributed by atoms with Crippen molar-refractivity contribution in [2.24, 2.45) is 11.8 Å². The van der Waals surface area contributed by atoms with Crippen molar-refractivity contribution in [2.45, 2.75) is 44.6 Å². The highest BCUT2D eigenvalue weighted by molar-refractivity contribution is 6.08. The molecule has 30 heavy (non-hydrogen) atoms. The first kappa shape index (κ1) is 20.1.